The van der Waals surface area contributed by atoms with E-state index in [4.69, 9.17) is 5.73 Å². The zero-order chi connectivity index (χ0) is 19.2. The van der Waals surface area contributed by atoms with E-state index in [-0.39, 0.29) is 22.5 Å². The van der Waals surface area contributed by atoms with E-state index in [1.54, 1.807) is 10.9 Å². The van der Waals surface area contributed by atoms with Gasteiger partial charge in [0.05, 0.1) is 17.6 Å². The van der Waals surface area contributed by atoms with Crippen LogP contribution in [-0.4, -0.2) is 20.7 Å². The second-order valence-electron chi connectivity index (χ2n) is 5.62. The van der Waals surface area contributed by atoms with Crippen molar-refractivity contribution in [1.29, 1.82) is 0 Å². The lowest BCUT2D eigenvalue weighted by molar-refractivity contribution is 0.628. The summed E-state index contributed by atoms with van der Waals surface area (Å²) in [4.78, 5) is 12.6. The molecule has 0 fully saturated rings. The number of halogens is 2. The van der Waals surface area contributed by atoms with E-state index in [2.05, 4.69) is 26.1 Å². The molecule has 1 heterocycles. The molecule has 0 saturated heterocycles. The van der Waals surface area contributed by atoms with Crippen molar-refractivity contribution in [3.05, 3.63) is 86.7 Å². The van der Waals surface area contributed by atoms with Crippen LogP contribution in [0.25, 0.3) is 5.69 Å². The summed E-state index contributed by atoms with van der Waals surface area (Å²) in [7, 11) is 1.84. The Bertz CT molecular complexity index is 1030. The van der Waals surface area contributed by atoms with Crippen LogP contribution in [0.1, 0.15) is 11.3 Å². The fourth-order valence-corrected chi connectivity index (χ4v) is 3.97. The summed E-state index contributed by atoms with van der Waals surface area (Å²) in [5.41, 5.74) is 8.39. The first-order valence-corrected chi connectivity index (χ1v) is 9.92. The lowest BCUT2D eigenvalue weighted by Gasteiger charge is -2.09. The maximum absolute atomic E-state index is 12.6. The number of para-hydroxylation sites is 1. The van der Waals surface area contributed by atoms with Gasteiger partial charge in [-0.25, -0.2) is 4.68 Å². The van der Waals surface area contributed by atoms with Gasteiger partial charge in [0.25, 0.3) is 5.56 Å². The number of rotatable bonds is 5. The molecule has 0 amide bonds. The van der Waals surface area contributed by atoms with E-state index >= 15 is 0 Å². The van der Waals surface area contributed by atoms with Gasteiger partial charge in [-0.2, -0.15) is 5.10 Å². The molecule has 2 aromatic carbocycles. The summed E-state index contributed by atoms with van der Waals surface area (Å²) in [6.45, 7) is 0. The fraction of sp³-hybridized carbons (Fsp3) is 0.105. The summed E-state index contributed by atoms with van der Waals surface area (Å²) < 4.78 is 3.94. The Morgan fingerprint density at radius 3 is 2.39 bits per heavy atom. The lowest BCUT2D eigenvalue weighted by Crippen LogP contribution is -2.19. The molecule has 0 radical (unpaired) electrons. The number of nitrogens with two attached hydrogens (primary N) is 1. The molecule has 2 N–H and O–H groups in total. The minimum atomic E-state index is -0.114. The number of hydrogen-bond donors (Lipinski definition) is 1. The molecule has 1 aromatic heterocycles. The monoisotopic (exact) mass is 523 g/mol. The van der Waals surface area contributed by atoms with Crippen LogP contribution in [-0.2, 0) is 12.8 Å². The van der Waals surface area contributed by atoms with Gasteiger partial charge >= 0.3 is 0 Å². The Morgan fingerprint density at radius 1 is 1.14 bits per heavy atom. The zero-order valence-electron chi connectivity index (χ0n) is 15.0. The second kappa shape index (κ2) is 10.4. The first-order chi connectivity index (χ1) is 13.1. The second-order valence-corrected chi connectivity index (χ2v) is 7.41. The van der Waals surface area contributed by atoms with Crippen LogP contribution >= 0.6 is 44.7 Å². The minimum Gasteiger partial charge on any atom is -0.377 e. The molecule has 9 heteroatoms. The Hall–Kier alpha value is -2.10. The van der Waals surface area contributed by atoms with Gasteiger partial charge in [-0.05, 0) is 33.6 Å². The third-order valence-corrected chi connectivity index (χ3v) is 5.44. The van der Waals surface area contributed by atoms with Crippen LogP contribution in [0.2, 0.25) is 0 Å². The topological polar surface area (TPSA) is 77.7 Å². The molecule has 0 saturated carbocycles. The van der Waals surface area contributed by atoms with Crippen molar-refractivity contribution in [2.75, 3.05) is 0 Å². The molecule has 28 heavy (non-hydrogen) atoms. The SMILES string of the molecule is Br.Cn1c(CS/C(N)=N\N=Cc2ccccc2)c(Br)c(=O)n1-c1ccccc1. The van der Waals surface area contributed by atoms with Gasteiger partial charge < -0.3 is 5.73 Å². The maximum atomic E-state index is 12.6. The van der Waals surface area contributed by atoms with E-state index in [0.717, 1.165) is 16.9 Å². The summed E-state index contributed by atoms with van der Waals surface area (Å²) in [6, 6.07) is 19.1. The first kappa shape index (κ1) is 22.2. The summed E-state index contributed by atoms with van der Waals surface area (Å²) >= 11 is 4.73. The van der Waals surface area contributed by atoms with E-state index < -0.39 is 0 Å². The molecule has 0 spiro atoms. The van der Waals surface area contributed by atoms with Crippen molar-refractivity contribution < 1.29 is 0 Å². The van der Waals surface area contributed by atoms with Crippen molar-refractivity contribution in [2.45, 2.75) is 5.75 Å². The van der Waals surface area contributed by atoms with Crippen LogP contribution in [0.15, 0.2) is 80.1 Å². The molecule has 0 aliphatic carbocycles. The van der Waals surface area contributed by atoms with Gasteiger partial charge in [-0.3, -0.25) is 9.48 Å². The van der Waals surface area contributed by atoms with E-state index in [9.17, 15) is 4.79 Å². The minimum absolute atomic E-state index is 0. The van der Waals surface area contributed by atoms with Crippen LogP contribution in [0.4, 0.5) is 0 Å². The van der Waals surface area contributed by atoms with Crippen LogP contribution in [0.5, 0.6) is 0 Å². The third-order valence-electron chi connectivity index (χ3n) is 3.84. The molecule has 0 atom stereocenters. The third kappa shape index (κ3) is 5.24. The largest absolute Gasteiger partial charge is 0.377 e. The molecule has 6 nitrogen and oxygen atoms in total. The molecule has 0 unspecified atom stereocenters. The average molecular weight is 525 g/mol. The van der Waals surface area contributed by atoms with E-state index in [1.807, 2.05) is 72.4 Å². The van der Waals surface area contributed by atoms with E-state index in [1.165, 1.54) is 11.8 Å². The number of amidine groups is 1. The van der Waals surface area contributed by atoms with Gasteiger partial charge in [0.15, 0.2) is 5.17 Å². The standard InChI is InChI=1S/C19H18BrN5OS.BrH/c1-24-16(17(20)18(26)25(24)15-10-6-3-7-11-15)13-27-19(21)23-22-12-14-8-4-2-5-9-14;/h2-12H,13H2,1H3,(H2,21,23);1H. The zero-order valence-corrected chi connectivity index (χ0v) is 19.1. The van der Waals surface area contributed by atoms with Gasteiger partial charge in [0, 0.05) is 12.8 Å². The highest BCUT2D eigenvalue weighted by Gasteiger charge is 2.17. The van der Waals surface area contributed by atoms with Crippen molar-refractivity contribution in [2.24, 2.45) is 23.0 Å². The number of benzene rings is 2. The van der Waals surface area contributed by atoms with Crippen molar-refractivity contribution in [3.63, 3.8) is 0 Å². The molecular formula is C19H19Br2N5OS. The highest BCUT2D eigenvalue weighted by atomic mass is 79.9. The quantitative estimate of drug-likeness (QED) is 0.310. The van der Waals surface area contributed by atoms with Crippen LogP contribution < -0.4 is 11.3 Å². The summed E-state index contributed by atoms with van der Waals surface area (Å²) in [5, 5.41) is 8.33. The van der Waals surface area contributed by atoms with Gasteiger partial charge in [-0.1, -0.05) is 60.3 Å². The van der Waals surface area contributed by atoms with E-state index in [0.29, 0.717) is 15.4 Å². The molecule has 146 valence electrons. The van der Waals surface area contributed by atoms with Crippen LogP contribution in [0, 0.1) is 0 Å². The first-order valence-electron chi connectivity index (χ1n) is 8.14. The Morgan fingerprint density at radius 2 is 1.75 bits per heavy atom. The van der Waals surface area contributed by atoms with Crippen molar-refractivity contribution >= 4 is 56.1 Å². The number of thioether (sulfide) groups is 1. The Balaban J connectivity index is 0.00000280. The lowest BCUT2D eigenvalue weighted by atomic mass is 10.2. The van der Waals surface area contributed by atoms with Crippen LogP contribution in [0.3, 0.4) is 0 Å². The smallest absolute Gasteiger partial charge is 0.286 e. The highest BCUT2D eigenvalue weighted by Crippen LogP contribution is 2.21. The predicted molar refractivity (Wildman–Crippen MR) is 126 cm³/mol. The number of nitrogens with zero attached hydrogens (tertiary/aromatic N) is 4. The van der Waals surface area contributed by atoms with Gasteiger partial charge in [-0.15, -0.1) is 22.1 Å². The maximum Gasteiger partial charge on any atom is 0.286 e. The molecule has 0 aliphatic heterocycles. The molecular weight excluding hydrogens is 506 g/mol. The Kier molecular flexibility index (Phi) is 8.28. The van der Waals surface area contributed by atoms with Crippen molar-refractivity contribution in [1.82, 2.24) is 9.36 Å². The molecule has 3 aromatic rings. The van der Waals surface area contributed by atoms with Crippen molar-refractivity contribution in [3.8, 4) is 5.69 Å². The van der Waals surface area contributed by atoms with Gasteiger partial charge in [0.2, 0.25) is 0 Å². The molecule has 0 aliphatic rings. The summed E-state index contributed by atoms with van der Waals surface area (Å²) in [6.07, 6.45) is 1.64. The molecule has 3 rings (SSSR count). The Labute approximate surface area is 186 Å². The highest BCUT2D eigenvalue weighted by molar-refractivity contribution is 9.10. The normalized spacial score (nSPS) is 11.6. The fourth-order valence-electron chi connectivity index (χ4n) is 2.49. The molecule has 0 bridgehead atoms. The number of aromatic nitrogens is 2. The number of hydrogen-bond acceptors (Lipinski definition) is 4. The predicted octanol–water partition coefficient (Wildman–Crippen LogP) is 4.10. The summed E-state index contributed by atoms with van der Waals surface area (Å²) in [5.74, 6) is 0.488. The average Bonchev–Trinajstić information content (AvgIpc) is 2.90. The van der Waals surface area contributed by atoms with Gasteiger partial charge in [0.1, 0.15) is 4.47 Å².